The zero-order valence-corrected chi connectivity index (χ0v) is 12.2. The van der Waals surface area contributed by atoms with Gasteiger partial charge in [-0.15, -0.1) is 0 Å². The Labute approximate surface area is 124 Å². The van der Waals surface area contributed by atoms with Gasteiger partial charge in [0, 0.05) is 6.54 Å². The lowest BCUT2D eigenvalue weighted by molar-refractivity contribution is 0.0956. The number of Topliss-reactive ketones (excluding diaryl/α,β-unsaturated/α-hetero) is 1. The molecule has 0 aromatic heterocycles. The van der Waals surface area contributed by atoms with Crippen LogP contribution in [0.4, 0.5) is 0 Å². The van der Waals surface area contributed by atoms with Gasteiger partial charge in [-0.25, -0.2) is 0 Å². The zero-order chi connectivity index (χ0) is 15.2. The van der Waals surface area contributed by atoms with Gasteiger partial charge in [-0.05, 0) is 17.7 Å². The van der Waals surface area contributed by atoms with Crippen molar-refractivity contribution in [3.63, 3.8) is 0 Å². The first-order chi connectivity index (χ1) is 10.2. The highest BCUT2D eigenvalue weighted by Crippen LogP contribution is 2.33. The number of hydrogen-bond donors (Lipinski definition) is 1. The van der Waals surface area contributed by atoms with Crippen LogP contribution in [0.3, 0.4) is 0 Å². The molecule has 0 heterocycles. The smallest absolute Gasteiger partial charge is 0.179 e. The highest BCUT2D eigenvalue weighted by Gasteiger charge is 2.26. The van der Waals surface area contributed by atoms with Crippen LogP contribution in [0.2, 0.25) is 0 Å². The predicted molar refractivity (Wildman–Crippen MR) is 82.1 cm³/mol. The van der Waals surface area contributed by atoms with E-state index < -0.39 is 5.92 Å². The fraction of sp³-hybridized carbons (Fsp3) is 0.235. The van der Waals surface area contributed by atoms with Crippen LogP contribution in [-0.4, -0.2) is 26.5 Å². The molecule has 4 nitrogen and oxygen atoms in total. The lowest BCUT2D eigenvalue weighted by Gasteiger charge is -2.18. The number of ether oxygens (including phenoxy) is 2. The lowest BCUT2D eigenvalue weighted by atomic mass is 9.90. The van der Waals surface area contributed by atoms with Gasteiger partial charge in [-0.2, -0.15) is 0 Å². The fourth-order valence-electron chi connectivity index (χ4n) is 2.35. The average molecular weight is 285 g/mol. The number of rotatable bonds is 6. The number of hydrogen-bond acceptors (Lipinski definition) is 4. The summed E-state index contributed by atoms with van der Waals surface area (Å²) in [5, 5.41) is 0. The second-order valence-electron chi connectivity index (χ2n) is 4.60. The number of carbonyl (C=O) groups is 1. The van der Waals surface area contributed by atoms with E-state index in [1.54, 1.807) is 18.2 Å². The first kappa shape index (κ1) is 15.1. The summed E-state index contributed by atoms with van der Waals surface area (Å²) in [4.78, 5) is 12.9. The molecule has 4 heteroatoms. The molecule has 0 spiro atoms. The van der Waals surface area contributed by atoms with Gasteiger partial charge in [-0.1, -0.05) is 36.4 Å². The van der Waals surface area contributed by atoms with E-state index in [9.17, 15) is 4.79 Å². The van der Waals surface area contributed by atoms with Gasteiger partial charge >= 0.3 is 0 Å². The van der Waals surface area contributed by atoms with Crippen LogP contribution >= 0.6 is 0 Å². The third-order valence-corrected chi connectivity index (χ3v) is 3.43. The lowest BCUT2D eigenvalue weighted by Crippen LogP contribution is -2.22. The summed E-state index contributed by atoms with van der Waals surface area (Å²) in [6.07, 6.45) is 0. The van der Waals surface area contributed by atoms with Gasteiger partial charge in [0.2, 0.25) is 0 Å². The van der Waals surface area contributed by atoms with Crippen molar-refractivity contribution < 1.29 is 14.3 Å². The molecule has 0 aliphatic rings. The van der Waals surface area contributed by atoms with Crippen LogP contribution < -0.4 is 15.2 Å². The van der Waals surface area contributed by atoms with Crippen LogP contribution in [0, 0.1) is 0 Å². The monoisotopic (exact) mass is 285 g/mol. The van der Waals surface area contributed by atoms with Crippen molar-refractivity contribution in [2.75, 3.05) is 20.8 Å². The first-order valence-electron chi connectivity index (χ1n) is 6.73. The topological polar surface area (TPSA) is 61.5 Å². The normalized spacial score (nSPS) is 11.8. The first-order valence-corrected chi connectivity index (χ1v) is 6.73. The zero-order valence-electron chi connectivity index (χ0n) is 12.2. The maximum absolute atomic E-state index is 12.9. The van der Waals surface area contributed by atoms with E-state index in [0.29, 0.717) is 17.1 Å². The maximum atomic E-state index is 12.9. The van der Waals surface area contributed by atoms with E-state index in [4.69, 9.17) is 15.2 Å². The summed E-state index contributed by atoms with van der Waals surface area (Å²) in [5.41, 5.74) is 7.14. The minimum atomic E-state index is -0.420. The molecule has 2 aromatic carbocycles. The Kier molecular flexibility index (Phi) is 4.95. The second-order valence-corrected chi connectivity index (χ2v) is 4.60. The highest BCUT2D eigenvalue weighted by atomic mass is 16.5. The molecular weight excluding hydrogens is 266 g/mol. The molecule has 0 aliphatic carbocycles. The quantitative estimate of drug-likeness (QED) is 0.829. The van der Waals surface area contributed by atoms with Crippen molar-refractivity contribution in [1.29, 1.82) is 0 Å². The van der Waals surface area contributed by atoms with Gasteiger partial charge in [0.1, 0.15) is 17.1 Å². The molecule has 0 bridgehead atoms. The molecule has 2 N–H and O–H groups in total. The van der Waals surface area contributed by atoms with E-state index in [2.05, 4.69) is 0 Å². The Morgan fingerprint density at radius 3 is 2.05 bits per heavy atom. The van der Waals surface area contributed by atoms with Gasteiger partial charge in [0.05, 0.1) is 20.1 Å². The van der Waals surface area contributed by atoms with Crippen molar-refractivity contribution >= 4 is 5.78 Å². The third kappa shape index (κ3) is 3.06. The Bertz CT molecular complexity index is 588. The molecule has 0 aliphatic heterocycles. The predicted octanol–water partition coefficient (Wildman–Crippen LogP) is 2.63. The van der Waals surface area contributed by atoms with Crippen LogP contribution in [0.5, 0.6) is 11.5 Å². The minimum Gasteiger partial charge on any atom is -0.496 e. The van der Waals surface area contributed by atoms with Crippen molar-refractivity contribution in [3.8, 4) is 11.5 Å². The summed E-state index contributed by atoms with van der Waals surface area (Å²) in [5.74, 6) is 0.469. The Morgan fingerprint density at radius 1 is 1.00 bits per heavy atom. The van der Waals surface area contributed by atoms with E-state index in [-0.39, 0.29) is 12.3 Å². The van der Waals surface area contributed by atoms with Crippen molar-refractivity contribution in [1.82, 2.24) is 0 Å². The molecule has 2 rings (SSSR count). The molecule has 0 radical (unpaired) electrons. The molecule has 2 aromatic rings. The summed E-state index contributed by atoms with van der Waals surface area (Å²) in [6.45, 7) is 0.226. The van der Waals surface area contributed by atoms with E-state index in [1.807, 2.05) is 30.3 Å². The maximum Gasteiger partial charge on any atom is 0.179 e. The molecule has 0 saturated heterocycles. The molecule has 110 valence electrons. The van der Waals surface area contributed by atoms with Gasteiger partial charge in [-0.3, -0.25) is 4.79 Å². The molecule has 0 saturated carbocycles. The van der Waals surface area contributed by atoms with Gasteiger partial charge in [0.15, 0.2) is 5.78 Å². The third-order valence-electron chi connectivity index (χ3n) is 3.43. The largest absolute Gasteiger partial charge is 0.496 e. The summed E-state index contributed by atoms with van der Waals surface area (Å²) < 4.78 is 10.6. The Hall–Kier alpha value is -2.33. The van der Waals surface area contributed by atoms with Gasteiger partial charge < -0.3 is 15.2 Å². The molecule has 0 amide bonds. The number of ketones is 1. The van der Waals surface area contributed by atoms with Crippen molar-refractivity contribution in [2.45, 2.75) is 5.92 Å². The number of nitrogens with two attached hydrogens (primary N) is 1. The summed E-state index contributed by atoms with van der Waals surface area (Å²) in [7, 11) is 3.07. The molecule has 0 fully saturated rings. The summed E-state index contributed by atoms with van der Waals surface area (Å²) in [6, 6.07) is 14.8. The van der Waals surface area contributed by atoms with Crippen LogP contribution in [0.1, 0.15) is 21.8 Å². The fourth-order valence-corrected chi connectivity index (χ4v) is 2.35. The van der Waals surface area contributed by atoms with Gasteiger partial charge in [0.25, 0.3) is 0 Å². The molecule has 1 unspecified atom stereocenters. The number of methoxy groups -OCH3 is 2. The van der Waals surface area contributed by atoms with Crippen LogP contribution in [-0.2, 0) is 0 Å². The van der Waals surface area contributed by atoms with E-state index in [0.717, 1.165) is 5.56 Å². The Morgan fingerprint density at radius 2 is 1.57 bits per heavy atom. The number of benzene rings is 2. The SMILES string of the molecule is COc1cccc(OC)c1C(=O)C(CN)c1ccccc1. The second kappa shape index (κ2) is 6.90. The van der Waals surface area contributed by atoms with Crippen LogP contribution in [0.15, 0.2) is 48.5 Å². The van der Waals surface area contributed by atoms with Crippen molar-refractivity contribution in [3.05, 3.63) is 59.7 Å². The minimum absolute atomic E-state index is 0.0991. The summed E-state index contributed by atoms with van der Waals surface area (Å²) >= 11 is 0. The van der Waals surface area contributed by atoms with E-state index >= 15 is 0 Å². The average Bonchev–Trinajstić information content (AvgIpc) is 2.55. The molecule has 21 heavy (non-hydrogen) atoms. The van der Waals surface area contributed by atoms with E-state index in [1.165, 1.54) is 14.2 Å². The van der Waals surface area contributed by atoms with Crippen molar-refractivity contribution in [2.24, 2.45) is 5.73 Å². The Balaban J connectivity index is 2.48. The number of carbonyl (C=O) groups excluding carboxylic acids is 1. The standard InChI is InChI=1S/C17H19NO3/c1-20-14-9-6-10-15(21-2)16(14)17(19)13(11-18)12-7-4-3-5-8-12/h3-10,13H,11,18H2,1-2H3. The molecular formula is C17H19NO3. The highest BCUT2D eigenvalue weighted by molar-refractivity contribution is 6.05. The molecule has 1 atom stereocenters. The van der Waals surface area contributed by atoms with Crippen LogP contribution in [0.25, 0.3) is 0 Å².